The van der Waals surface area contributed by atoms with Crippen LogP contribution in [0.1, 0.15) is 72.4 Å². The number of carboxylic acid groups (broad SMARTS) is 1. The maximum Gasteiger partial charge on any atom is 0.421 e. The summed E-state index contributed by atoms with van der Waals surface area (Å²) < 4.78 is 61.5. The summed E-state index contributed by atoms with van der Waals surface area (Å²) in [7, 11) is 2.92. The van der Waals surface area contributed by atoms with E-state index in [2.05, 4.69) is 15.2 Å². The lowest BCUT2D eigenvalue weighted by Gasteiger charge is -2.56. The molecule has 1 amide bonds. The molecule has 2 bridgehead atoms. The Morgan fingerprint density at radius 2 is 1.66 bits per heavy atom. The van der Waals surface area contributed by atoms with E-state index in [4.69, 9.17) is 30.8 Å². The first-order chi connectivity index (χ1) is 27.8. The zero-order valence-corrected chi connectivity index (χ0v) is 32.9. The fourth-order valence-electron chi connectivity index (χ4n) is 9.91. The van der Waals surface area contributed by atoms with Gasteiger partial charge >= 0.3 is 12.1 Å². The van der Waals surface area contributed by atoms with E-state index in [1.807, 2.05) is 48.5 Å². The molecule has 11 nitrogen and oxygen atoms in total. The Labute approximate surface area is 338 Å². The standard InChI is InChI=1S/C43H43ClF3N5O6/c1-56-37-25(20-51-22-41(23-51)15-13-35(53)50-41)9-11-33(48-37)31-8-4-7-30(36(31)44)27-5-3-6-29-28(27)10-12-34(29)58-39-32(43(45,46)47)17-26(38(49-39)57-2)21-52-16-14-24-18-42(52,19-24)40(54)55/h3-9,11,17,24,34H,10,12-16,18-23H2,1-2H3,(H,50,53)(H,54,55)/t24?,34-,42?/m0/s1. The Morgan fingerprint density at radius 3 is 2.36 bits per heavy atom. The predicted octanol–water partition coefficient (Wildman–Crippen LogP) is 7.47. The number of fused-ring (bicyclic) bond motifs is 3. The number of rotatable bonds is 11. The molecule has 10 rings (SSSR count). The summed E-state index contributed by atoms with van der Waals surface area (Å²) in [6.07, 6.45) is -1.42. The third-order valence-electron chi connectivity index (χ3n) is 12.8. The Morgan fingerprint density at radius 1 is 0.931 bits per heavy atom. The van der Waals surface area contributed by atoms with E-state index in [0.29, 0.717) is 73.3 Å². The summed E-state index contributed by atoms with van der Waals surface area (Å²) in [5.41, 5.74) is 3.40. The molecule has 2 N–H and O–H groups in total. The van der Waals surface area contributed by atoms with Gasteiger partial charge < -0.3 is 24.6 Å². The SMILES string of the molecule is COc1nc(-c2cccc(-c3cccc4c3CC[C@@H]4Oc3nc(OC)c(CN4CCC5CC4(C(=O)O)C5)cc3C(F)(F)F)c2Cl)ccc1CN1CC2(CCC(=O)N2)C1. The molecule has 4 saturated heterocycles. The first kappa shape index (κ1) is 38.6. The summed E-state index contributed by atoms with van der Waals surface area (Å²) in [5, 5.41) is 13.6. The number of aromatic nitrogens is 2. The molecule has 2 aromatic carbocycles. The van der Waals surface area contributed by atoms with Crippen molar-refractivity contribution >= 4 is 23.5 Å². The number of carboxylic acids is 1. The van der Waals surface area contributed by atoms with Crippen LogP contribution in [0.25, 0.3) is 22.4 Å². The first-order valence-electron chi connectivity index (χ1n) is 19.6. The van der Waals surface area contributed by atoms with Gasteiger partial charge in [0.25, 0.3) is 0 Å². The van der Waals surface area contributed by atoms with Gasteiger partial charge in [0, 0.05) is 54.9 Å². The average Bonchev–Trinajstić information content (AvgIpc) is 3.78. The van der Waals surface area contributed by atoms with Crippen molar-refractivity contribution in [1.82, 2.24) is 25.1 Å². The molecule has 5 fully saturated rings. The van der Waals surface area contributed by atoms with Gasteiger partial charge in [-0.15, -0.1) is 0 Å². The Bertz CT molecular complexity index is 2310. The number of alkyl halides is 3. The van der Waals surface area contributed by atoms with Gasteiger partial charge in [0.1, 0.15) is 17.2 Å². The number of nitrogens with zero attached hydrogens (tertiary/aromatic N) is 4. The summed E-state index contributed by atoms with van der Waals surface area (Å²) in [4.78, 5) is 37.2. The summed E-state index contributed by atoms with van der Waals surface area (Å²) in [5.74, 6) is -0.671. The summed E-state index contributed by atoms with van der Waals surface area (Å²) in [6.45, 7) is 2.61. The fourth-order valence-corrected chi connectivity index (χ4v) is 10.2. The third kappa shape index (κ3) is 6.62. The van der Waals surface area contributed by atoms with Crippen LogP contribution in [0.5, 0.6) is 17.6 Å². The number of piperidine rings is 2. The number of halogens is 4. The van der Waals surface area contributed by atoms with Crippen LogP contribution >= 0.6 is 11.6 Å². The largest absolute Gasteiger partial charge is 0.481 e. The minimum absolute atomic E-state index is 0.0353. The lowest BCUT2D eigenvalue weighted by molar-refractivity contribution is -0.172. The van der Waals surface area contributed by atoms with E-state index in [0.717, 1.165) is 59.8 Å². The molecule has 58 heavy (non-hydrogen) atoms. The molecule has 2 aromatic heterocycles. The number of benzene rings is 2. The number of nitrogens with one attached hydrogen (secondary N) is 1. The topological polar surface area (TPSA) is 126 Å². The zero-order valence-electron chi connectivity index (χ0n) is 32.1. The lowest BCUT2D eigenvalue weighted by Crippen LogP contribution is -2.66. The minimum Gasteiger partial charge on any atom is -0.481 e. The number of methoxy groups -OCH3 is 2. The van der Waals surface area contributed by atoms with Gasteiger partial charge in [0.05, 0.1) is 30.5 Å². The molecule has 1 saturated carbocycles. The van der Waals surface area contributed by atoms with E-state index in [1.54, 1.807) is 12.0 Å². The van der Waals surface area contributed by atoms with Crippen LogP contribution < -0.4 is 19.5 Å². The highest BCUT2D eigenvalue weighted by Gasteiger charge is 2.57. The van der Waals surface area contributed by atoms with Crippen molar-refractivity contribution in [3.63, 3.8) is 0 Å². The number of hydrogen-bond donors (Lipinski definition) is 2. The molecule has 4 aromatic rings. The Kier molecular flexibility index (Phi) is 9.59. The summed E-state index contributed by atoms with van der Waals surface area (Å²) in [6, 6.07) is 16.2. The number of ether oxygens (including phenoxy) is 3. The molecular formula is C43H43ClF3N5O6. The monoisotopic (exact) mass is 817 g/mol. The molecule has 6 aliphatic rings. The van der Waals surface area contributed by atoms with E-state index < -0.39 is 35.2 Å². The number of aliphatic carboxylic acids is 1. The van der Waals surface area contributed by atoms with Crippen LogP contribution in [-0.2, 0) is 35.3 Å². The molecule has 2 aliphatic carbocycles. The predicted molar refractivity (Wildman–Crippen MR) is 208 cm³/mol. The number of amides is 1. The van der Waals surface area contributed by atoms with Crippen molar-refractivity contribution in [2.75, 3.05) is 33.9 Å². The maximum absolute atomic E-state index is 14.7. The van der Waals surface area contributed by atoms with E-state index in [1.165, 1.54) is 7.11 Å². The van der Waals surface area contributed by atoms with Crippen LogP contribution in [0.15, 0.2) is 54.6 Å². The highest BCUT2D eigenvalue weighted by atomic mass is 35.5. The molecule has 6 heterocycles. The van der Waals surface area contributed by atoms with Gasteiger partial charge in [-0.2, -0.15) is 18.2 Å². The second-order valence-electron chi connectivity index (χ2n) is 16.4. The van der Waals surface area contributed by atoms with Gasteiger partial charge in [0.2, 0.25) is 23.5 Å². The van der Waals surface area contributed by atoms with E-state index in [9.17, 15) is 27.9 Å². The van der Waals surface area contributed by atoms with Crippen LogP contribution in [0.3, 0.4) is 0 Å². The smallest absolute Gasteiger partial charge is 0.421 e. The third-order valence-corrected chi connectivity index (χ3v) is 13.2. The van der Waals surface area contributed by atoms with Crippen molar-refractivity contribution in [2.45, 2.75) is 81.4 Å². The van der Waals surface area contributed by atoms with E-state index in [-0.39, 0.29) is 29.4 Å². The highest BCUT2D eigenvalue weighted by Crippen LogP contribution is 2.51. The van der Waals surface area contributed by atoms with Gasteiger partial charge in [-0.05, 0) is 79.8 Å². The normalized spacial score (nSPS) is 23.5. The van der Waals surface area contributed by atoms with Crippen molar-refractivity contribution < 1.29 is 42.1 Å². The van der Waals surface area contributed by atoms with Crippen LogP contribution in [0, 0.1) is 5.92 Å². The first-order valence-corrected chi connectivity index (χ1v) is 20.0. The molecule has 4 aliphatic heterocycles. The van der Waals surface area contributed by atoms with E-state index >= 15 is 0 Å². The lowest BCUT2D eigenvalue weighted by atomic mass is 9.62. The second kappa shape index (κ2) is 14.4. The van der Waals surface area contributed by atoms with Gasteiger partial charge in [-0.25, -0.2) is 4.98 Å². The van der Waals surface area contributed by atoms with Gasteiger partial charge in [0.15, 0.2) is 0 Å². The number of carbonyl (C=O) groups is 2. The molecule has 0 radical (unpaired) electrons. The molecule has 1 spiro atoms. The van der Waals surface area contributed by atoms with Crippen molar-refractivity contribution in [3.8, 4) is 40.0 Å². The fraction of sp³-hybridized carbons (Fsp3) is 0.442. The molecule has 0 unspecified atom stereocenters. The second-order valence-corrected chi connectivity index (χ2v) is 16.7. The van der Waals surface area contributed by atoms with Crippen molar-refractivity contribution in [3.05, 3.63) is 87.4 Å². The minimum atomic E-state index is -4.80. The molecule has 1 atom stereocenters. The average molecular weight is 818 g/mol. The quantitative estimate of drug-likeness (QED) is 0.158. The van der Waals surface area contributed by atoms with Crippen molar-refractivity contribution in [1.29, 1.82) is 0 Å². The molecule has 304 valence electrons. The maximum atomic E-state index is 14.7. The Hall–Kier alpha value is -4.92. The molecular weight excluding hydrogens is 775 g/mol. The van der Waals surface area contributed by atoms with Crippen LogP contribution in [0.4, 0.5) is 13.2 Å². The van der Waals surface area contributed by atoms with Gasteiger partial charge in [-0.1, -0.05) is 54.1 Å². The number of carbonyl (C=O) groups excluding carboxylic acids is 1. The number of hydrogen-bond acceptors (Lipinski definition) is 9. The van der Waals surface area contributed by atoms with Crippen LogP contribution in [0.2, 0.25) is 5.02 Å². The van der Waals surface area contributed by atoms with Crippen molar-refractivity contribution in [2.24, 2.45) is 5.92 Å². The zero-order chi connectivity index (χ0) is 40.6. The van der Waals surface area contributed by atoms with Gasteiger partial charge in [-0.3, -0.25) is 19.4 Å². The summed E-state index contributed by atoms with van der Waals surface area (Å²) >= 11 is 7.16. The number of pyridine rings is 2. The number of likely N-dealkylation sites (tertiary alicyclic amines) is 1. The highest BCUT2D eigenvalue weighted by molar-refractivity contribution is 6.36. The van der Waals surface area contributed by atoms with Crippen LogP contribution in [-0.4, -0.2) is 81.7 Å². The Balaban J connectivity index is 0.967. The molecule has 15 heteroatoms.